The number of aliphatic hydroxyl groups excluding tert-OH is 1. The maximum Gasteiger partial charge on any atom is 0.338 e. The Kier molecular flexibility index (Phi) is 7.80. The molecule has 1 aliphatic heterocycles. The lowest BCUT2D eigenvalue weighted by Gasteiger charge is -2.48. The fraction of sp³-hybridized carbons (Fsp3) is 0.654. The van der Waals surface area contributed by atoms with Crippen molar-refractivity contribution in [3.63, 3.8) is 0 Å². The predicted octanol–water partition coefficient (Wildman–Crippen LogP) is 5.67. The largest absolute Gasteiger partial charge is 0.508 e. The van der Waals surface area contributed by atoms with Gasteiger partial charge in [0.2, 0.25) is 0 Å². The summed E-state index contributed by atoms with van der Waals surface area (Å²) in [5, 5.41) is 32.7. The van der Waals surface area contributed by atoms with Crippen LogP contribution in [0.3, 0.4) is 0 Å². The highest BCUT2D eigenvalue weighted by atomic mass is 79.9. The van der Waals surface area contributed by atoms with E-state index in [4.69, 9.17) is 4.74 Å². The molecule has 2 aliphatic rings. The van der Waals surface area contributed by atoms with E-state index in [1.807, 2.05) is 0 Å². The lowest BCUT2D eigenvalue weighted by Crippen LogP contribution is -2.48. The fourth-order valence-corrected chi connectivity index (χ4v) is 6.38. The van der Waals surface area contributed by atoms with Crippen molar-refractivity contribution in [3.8, 4) is 5.75 Å². The van der Waals surface area contributed by atoms with Crippen LogP contribution in [0.5, 0.6) is 5.75 Å². The molecule has 1 fully saturated rings. The molecule has 3 rings (SSSR count). The van der Waals surface area contributed by atoms with Crippen LogP contribution in [0.4, 0.5) is 0 Å². The van der Waals surface area contributed by atoms with Gasteiger partial charge in [0, 0.05) is 16.1 Å². The number of aliphatic hydroxyl groups is 2. The lowest BCUT2D eigenvalue weighted by atomic mass is 9.61. The van der Waals surface area contributed by atoms with Crippen molar-refractivity contribution in [2.24, 2.45) is 11.3 Å². The van der Waals surface area contributed by atoms with Crippen LogP contribution in [0.25, 0.3) is 0 Å². The van der Waals surface area contributed by atoms with Gasteiger partial charge in [0.25, 0.3) is 0 Å². The highest BCUT2D eigenvalue weighted by Crippen LogP contribution is 2.52. The summed E-state index contributed by atoms with van der Waals surface area (Å²) < 4.78 is 5.68. The molecule has 0 spiro atoms. The van der Waals surface area contributed by atoms with E-state index in [1.165, 1.54) is 12.1 Å². The molecule has 7 heteroatoms. The third kappa shape index (κ3) is 5.52. The molecule has 33 heavy (non-hydrogen) atoms. The number of carbonyl (C=O) groups is 1. The number of carbonyl (C=O) groups excluding carboxylic acids is 1. The quantitative estimate of drug-likeness (QED) is 0.207. The molecule has 2 bridgehead atoms. The molecule has 0 saturated heterocycles. The molecule has 0 amide bonds. The highest BCUT2D eigenvalue weighted by Gasteiger charge is 2.46. The minimum atomic E-state index is -1.21. The van der Waals surface area contributed by atoms with Gasteiger partial charge in [-0.2, -0.15) is 0 Å². The minimum absolute atomic E-state index is 0.0502. The van der Waals surface area contributed by atoms with Crippen molar-refractivity contribution >= 4 is 37.8 Å². The van der Waals surface area contributed by atoms with Gasteiger partial charge in [-0.25, -0.2) is 4.79 Å². The molecule has 0 aromatic heterocycles. The summed E-state index contributed by atoms with van der Waals surface area (Å²) in [6.07, 6.45) is 2.91. The Labute approximate surface area is 213 Å². The second-order valence-electron chi connectivity index (χ2n) is 10.8. The van der Waals surface area contributed by atoms with E-state index in [2.05, 4.69) is 45.4 Å². The summed E-state index contributed by atoms with van der Waals surface area (Å²) in [4.78, 5) is 12.9. The molecule has 184 valence electrons. The number of ether oxygens (including phenoxy) is 1. The molecule has 6 atom stereocenters. The zero-order chi connectivity index (χ0) is 24.8. The topological polar surface area (TPSA) is 87.0 Å². The van der Waals surface area contributed by atoms with Gasteiger partial charge >= 0.3 is 5.97 Å². The van der Waals surface area contributed by atoms with Gasteiger partial charge in [0.1, 0.15) is 11.4 Å². The summed E-state index contributed by atoms with van der Waals surface area (Å²) in [5.41, 5.74) is -0.446. The van der Waals surface area contributed by atoms with E-state index < -0.39 is 23.3 Å². The van der Waals surface area contributed by atoms with Gasteiger partial charge in [-0.1, -0.05) is 50.9 Å². The Morgan fingerprint density at radius 3 is 2.45 bits per heavy atom. The number of hydrogen-bond donors (Lipinski definition) is 3. The summed E-state index contributed by atoms with van der Waals surface area (Å²) in [7, 11) is 0. The van der Waals surface area contributed by atoms with Crippen LogP contribution in [-0.4, -0.2) is 48.2 Å². The molecule has 1 aromatic carbocycles. The van der Waals surface area contributed by atoms with Crippen molar-refractivity contribution in [1.29, 1.82) is 0 Å². The van der Waals surface area contributed by atoms with Gasteiger partial charge in [-0.05, 0) is 88.0 Å². The van der Waals surface area contributed by atoms with Gasteiger partial charge in [-0.3, -0.25) is 0 Å². The van der Waals surface area contributed by atoms with Crippen LogP contribution in [-0.2, 0) is 11.2 Å². The van der Waals surface area contributed by atoms with Crippen LogP contribution in [0.2, 0.25) is 0 Å². The van der Waals surface area contributed by atoms with Crippen LogP contribution in [0.15, 0.2) is 30.4 Å². The Morgan fingerprint density at radius 2 is 1.79 bits per heavy atom. The van der Waals surface area contributed by atoms with E-state index in [0.29, 0.717) is 24.0 Å². The maximum absolute atomic E-state index is 13.0. The number of aromatic hydroxyl groups is 1. The number of phenols is 1. The first-order valence-corrected chi connectivity index (χ1v) is 13.4. The number of rotatable bonds is 0. The summed E-state index contributed by atoms with van der Waals surface area (Å²) in [6.45, 7) is 11.6. The van der Waals surface area contributed by atoms with Crippen molar-refractivity contribution in [3.05, 3.63) is 41.5 Å². The number of benzene rings is 1. The molecule has 0 unspecified atom stereocenters. The molecule has 3 N–H and O–H groups in total. The summed E-state index contributed by atoms with van der Waals surface area (Å²) in [5.74, 6) is -0.346. The molecule has 1 heterocycles. The molecular weight excluding hydrogens is 552 g/mol. The SMILES string of the molecule is C=C1CC[C@H](Br)[C@@]2(C)CC[C@@H](Br)[C@@](C)(O)C[C@H](O)C(C)(C)OC(=O)c3ccc(O)c(c3)C[C@H]12. The number of hydrogen-bond acceptors (Lipinski definition) is 5. The molecule has 1 saturated carbocycles. The first-order valence-electron chi connectivity index (χ1n) is 11.6. The van der Waals surface area contributed by atoms with Crippen LogP contribution in [0, 0.1) is 11.3 Å². The molecular formula is C26H36Br2O5. The van der Waals surface area contributed by atoms with Gasteiger partial charge < -0.3 is 20.1 Å². The smallest absolute Gasteiger partial charge is 0.338 e. The number of esters is 1. The van der Waals surface area contributed by atoms with Crippen molar-refractivity contribution < 1.29 is 24.9 Å². The number of fused-ring (bicyclic) bond motifs is 3. The average molecular weight is 588 g/mol. The van der Waals surface area contributed by atoms with Crippen molar-refractivity contribution in [2.75, 3.05) is 0 Å². The van der Waals surface area contributed by atoms with Crippen molar-refractivity contribution in [2.45, 2.75) is 93.2 Å². The normalized spacial score (nSPS) is 37.9. The lowest BCUT2D eigenvalue weighted by molar-refractivity contribution is -0.0989. The van der Waals surface area contributed by atoms with Crippen LogP contribution < -0.4 is 0 Å². The van der Waals surface area contributed by atoms with Gasteiger partial charge in [-0.15, -0.1) is 0 Å². The molecule has 5 nitrogen and oxygen atoms in total. The van der Waals surface area contributed by atoms with Crippen LogP contribution >= 0.6 is 31.9 Å². The Bertz CT molecular complexity index is 912. The first kappa shape index (κ1) is 26.7. The van der Waals surface area contributed by atoms with E-state index in [-0.39, 0.29) is 33.2 Å². The average Bonchev–Trinajstić information content (AvgIpc) is 2.72. The van der Waals surface area contributed by atoms with E-state index in [9.17, 15) is 20.1 Å². The number of phenolic OH excluding ortho intramolecular Hbond substituents is 1. The van der Waals surface area contributed by atoms with Gasteiger partial charge in [0.15, 0.2) is 0 Å². The van der Waals surface area contributed by atoms with E-state index in [0.717, 1.165) is 24.8 Å². The highest BCUT2D eigenvalue weighted by molar-refractivity contribution is 9.09. The Balaban J connectivity index is 2.09. The van der Waals surface area contributed by atoms with E-state index >= 15 is 0 Å². The Morgan fingerprint density at radius 1 is 1.12 bits per heavy atom. The minimum Gasteiger partial charge on any atom is -0.508 e. The third-order valence-corrected chi connectivity index (χ3v) is 10.8. The first-order chi connectivity index (χ1) is 15.2. The standard InChI is InChI=1S/C26H36Br2O5/c1-15-6-9-20(27)25(4)11-10-21(28)26(5,32)14-22(30)24(2,3)33-23(31)16-7-8-19(29)17(12-16)13-18(15)25/h7-8,12,18,20-22,29-30,32H,1,6,9-11,13-14H2,2-5H3/t18-,20+,21-,22+,25+,26+/m1/s1. The van der Waals surface area contributed by atoms with Gasteiger partial charge in [0.05, 0.1) is 17.3 Å². The summed E-state index contributed by atoms with van der Waals surface area (Å²) in [6, 6.07) is 4.75. The fourth-order valence-electron chi connectivity index (χ4n) is 5.18. The number of alkyl halides is 2. The van der Waals surface area contributed by atoms with Crippen LogP contribution in [0.1, 0.15) is 75.7 Å². The second-order valence-corrected chi connectivity index (χ2v) is 13.1. The molecule has 1 aliphatic carbocycles. The number of halogens is 2. The molecule has 0 radical (unpaired) electrons. The van der Waals surface area contributed by atoms with Crippen molar-refractivity contribution in [1.82, 2.24) is 0 Å². The summed E-state index contributed by atoms with van der Waals surface area (Å²) >= 11 is 7.60. The Hall–Kier alpha value is -0.890. The third-order valence-electron chi connectivity index (χ3n) is 7.84. The van der Waals surface area contributed by atoms with E-state index in [1.54, 1.807) is 26.8 Å². The zero-order valence-electron chi connectivity index (χ0n) is 19.9. The monoisotopic (exact) mass is 586 g/mol. The number of cyclic esters (lactones) is 1. The zero-order valence-corrected chi connectivity index (χ0v) is 23.1. The predicted molar refractivity (Wildman–Crippen MR) is 137 cm³/mol. The second kappa shape index (κ2) is 9.63. The molecule has 1 aromatic rings. The maximum atomic E-state index is 13.0. The number of allylic oxidation sites excluding steroid dienone is 1.